The van der Waals surface area contributed by atoms with Crippen LogP contribution >= 0.6 is 11.6 Å². The first-order valence-corrected chi connectivity index (χ1v) is 11.8. The molecule has 1 heterocycles. The Kier molecular flexibility index (Phi) is 7.42. The number of carbonyl (C=O) groups is 1. The molecule has 2 aromatic carbocycles. The molecule has 0 aromatic heterocycles. The van der Waals surface area contributed by atoms with Gasteiger partial charge in [0.2, 0.25) is 15.9 Å². The van der Waals surface area contributed by atoms with Gasteiger partial charge in [-0.1, -0.05) is 11.6 Å². The maximum atomic E-state index is 12.4. The molecule has 1 saturated heterocycles. The van der Waals surface area contributed by atoms with Gasteiger partial charge in [0.15, 0.2) is 0 Å². The van der Waals surface area contributed by atoms with Crippen molar-refractivity contribution in [3.8, 4) is 5.75 Å². The van der Waals surface area contributed by atoms with Gasteiger partial charge in [-0.15, -0.1) is 0 Å². The van der Waals surface area contributed by atoms with E-state index in [-0.39, 0.29) is 33.7 Å². The van der Waals surface area contributed by atoms with Crippen molar-refractivity contribution in [2.45, 2.75) is 11.3 Å². The van der Waals surface area contributed by atoms with Gasteiger partial charge in [-0.3, -0.25) is 9.69 Å². The number of nitrogens with zero attached hydrogens (tertiary/aromatic N) is 3. The van der Waals surface area contributed by atoms with E-state index in [1.165, 1.54) is 32.3 Å². The standard InChI is InChI=1S/C21H27ClN4O4S/c1-24(2)31(29,30)18-7-8-19(22)20(15-18)23-21(28)9-10-25-11-13-26(14-12-25)16-3-5-17(27)6-4-16/h3-8,15,27H,9-14H2,1-2H3,(H,23,28). The Balaban J connectivity index is 1.51. The number of nitrogens with one attached hydrogen (secondary N) is 1. The van der Waals surface area contributed by atoms with Crippen LogP contribution in [0.25, 0.3) is 0 Å². The van der Waals surface area contributed by atoms with E-state index in [9.17, 15) is 18.3 Å². The summed E-state index contributed by atoms with van der Waals surface area (Å²) in [5.74, 6) is 0.0283. The molecule has 0 spiro atoms. The second-order valence-electron chi connectivity index (χ2n) is 7.57. The molecule has 0 saturated carbocycles. The molecule has 3 rings (SSSR count). The second-order valence-corrected chi connectivity index (χ2v) is 10.1. The number of hydrogen-bond donors (Lipinski definition) is 2. The topological polar surface area (TPSA) is 93.2 Å². The quantitative estimate of drug-likeness (QED) is 0.651. The molecular weight excluding hydrogens is 440 g/mol. The van der Waals surface area contributed by atoms with Crippen molar-refractivity contribution >= 4 is 38.9 Å². The number of anilines is 2. The van der Waals surface area contributed by atoms with Crippen LogP contribution in [-0.2, 0) is 14.8 Å². The lowest BCUT2D eigenvalue weighted by Gasteiger charge is -2.36. The van der Waals surface area contributed by atoms with Gasteiger partial charge in [-0.25, -0.2) is 12.7 Å². The Labute approximate surface area is 188 Å². The van der Waals surface area contributed by atoms with Crippen molar-refractivity contribution < 1.29 is 18.3 Å². The van der Waals surface area contributed by atoms with Crippen LogP contribution in [0.3, 0.4) is 0 Å². The highest BCUT2D eigenvalue weighted by atomic mass is 35.5. The van der Waals surface area contributed by atoms with E-state index >= 15 is 0 Å². The number of benzene rings is 2. The molecule has 1 fully saturated rings. The highest BCUT2D eigenvalue weighted by molar-refractivity contribution is 7.89. The van der Waals surface area contributed by atoms with Gasteiger partial charge >= 0.3 is 0 Å². The maximum Gasteiger partial charge on any atom is 0.242 e. The van der Waals surface area contributed by atoms with E-state index in [4.69, 9.17) is 11.6 Å². The normalized spacial score (nSPS) is 15.3. The molecule has 0 unspecified atom stereocenters. The van der Waals surface area contributed by atoms with Gasteiger partial charge < -0.3 is 15.3 Å². The predicted octanol–water partition coefficient (Wildman–Crippen LogP) is 2.45. The average Bonchev–Trinajstić information content (AvgIpc) is 2.74. The number of halogens is 1. The third kappa shape index (κ3) is 5.88. The summed E-state index contributed by atoms with van der Waals surface area (Å²) in [6, 6.07) is 11.4. The van der Waals surface area contributed by atoms with E-state index in [0.717, 1.165) is 36.2 Å². The highest BCUT2D eigenvalue weighted by Gasteiger charge is 2.20. The van der Waals surface area contributed by atoms with Gasteiger partial charge in [0.05, 0.1) is 15.6 Å². The molecule has 1 amide bonds. The van der Waals surface area contributed by atoms with Gasteiger partial charge in [-0.2, -0.15) is 0 Å². The van der Waals surface area contributed by atoms with Crippen LogP contribution in [0.2, 0.25) is 5.02 Å². The van der Waals surface area contributed by atoms with Crippen LogP contribution in [0.1, 0.15) is 6.42 Å². The van der Waals surface area contributed by atoms with Crippen molar-refractivity contribution in [2.24, 2.45) is 0 Å². The van der Waals surface area contributed by atoms with Gasteiger partial charge in [0, 0.05) is 58.9 Å². The van der Waals surface area contributed by atoms with Gasteiger partial charge in [0.1, 0.15) is 5.75 Å². The Bertz CT molecular complexity index is 1020. The summed E-state index contributed by atoms with van der Waals surface area (Å²) in [6.07, 6.45) is 0.278. The van der Waals surface area contributed by atoms with Crippen LogP contribution in [0.4, 0.5) is 11.4 Å². The zero-order valence-corrected chi connectivity index (χ0v) is 19.2. The Hall–Kier alpha value is -2.33. The fourth-order valence-electron chi connectivity index (χ4n) is 3.34. The Morgan fingerprint density at radius 2 is 1.74 bits per heavy atom. The molecule has 2 N–H and O–H groups in total. The zero-order chi connectivity index (χ0) is 22.6. The maximum absolute atomic E-state index is 12.4. The van der Waals surface area contributed by atoms with E-state index in [1.54, 1.807) is 12.1 Å². The summed E-state index contributed by atoms with van der Waals surface area (Å²) in [4.78, 5) is 17.0. The third-order valence-corrected chi connectivity index (χ3v) is 7.37. The van der Waals surface area contributed by atoms with Crippen molar-refractivity contribution in [1.29, 1.82) is 0 Å². The van der Waals surface area contributed by atoms with Crippen LogP contribution < -0.4 is 10.2 Å². The average molecular weight is 467 g/mol. The van der Waals surface area contributed by atoms with Crippen molar-refractivity contribution in [1.82, 2.24) is 9.21 Å². The fourth-order valence-corrected chi connectivity index (χ4v) is 4.43. The monoisotopic (exact) mass is 466 g/mol. The summed E-state index contributed by atoms with van der Waals surface area (Å²) in [6.45, 7) is 3.92. The lowest BCUT2D eigenvalue weighted by molar-refractivity contribution is -0.116. The highest BCUT2D eigenvalue weighted by Crippen LogP contribution is 2.26. The molecule has 31 heavy (non-hydrogen) atoms. The van der Waals surface area contributed by atoms with Crippen LogP contribution in [0, 0.1) is 0 Å². The molecule has 1 aliphatic heterocycles. The molecule has 2 aromatic rings. The number of amides is 1. The fraction of sp³-hybridized carbons (Fsp3) is 0.381. The van der Waals surface area contributed by atoms with Crippen molar-refractivity contribution in [3.05, 3.63) is 47.5 Å². The third-order valence-electron chi connectivity index (χ3n) is 5.23. The SMILES string of the molecule is CN(C)S(=O)(=O)c1ccc(Cl)c(NC(=O)CCN2CCN(c3ccc(O)cc3)CC2)c1. The molecular formula is C21H27ClN4O4S. The Morgan fingerprint density at radius 1 is 1.10 bits per heavy atom. The minimum Gasteiger partial charge on any atom is -0.508 e. The van der Waals surface area contributed by atoms with Gasteiger partial charge in [0.25, 0.3) is 0 Å². The molecule has 1 aliphatic rings. The Morgan fingerprint density at radius 3 is 2.35 bits per heavy atom. The number of aromatic hydroxyl groups is 1. The smallest absolute Gasteiger partial charge is 0.242 e. The first-order valence-electron chi connectivity index (χ1n) is 9.95. The number of rotatable bonds is 7. The predicted molar refractivity (Wildman–Crippen MR) is 122 cm³/mol. The molecule has 168 valence electrons. The summed E-state index contributed by atoms with van der Waals surface area (Å²) < 4.78 is 25.7. The van der Waals surface area contributed by atoms with Crippen molar-refractivity contribution in [3.63, 3.8) is 0 Å². The summed E-state index contributed by atoms with van der Waals surface area (Å²) in [5, 5.41) is 12.4. The molecule has 0 aliphatic carbocycles. The lowest BCUT2D eigenvalue weighted by Crippen LogP contribution is -2.47. The second kappa shape index (κ2) is 9.86. The summed E-state index contributed by atoms with van der Waals surface area (Å²) in [7, 11) is -0.719. The molecule has 10 heteroatoms. The van der Waals surface area contributed by atoms with Crippen LogP contribution in [-0.4, -0.2) is 75.5 Å². The first-order chi connectivity index (χ1) is 14.7. The minimum atomic E-state index is -3.62. The number of phenols is 1. The number of phenolic OH excluding ortho intramolecular Hbond substituents is 1. The molecule has 0 bridgehead atoms. The zero-order valence-electron chi connectivity index (χ0n) is 17.6. The van der Waals surface area contributed by atoms with Crippen LogP contribution in [0.15, 0.2) is 47.4 Å². The largest absolute Gasteiger partial charge is 0.508 e. The van der Waals surface area contributed by atoms with E-state index in [0.29, 0.717) is 6.54 Å². The first kappa shape index (κ1) is 23.3. The number of piperazine rings is 1. The lowest BCUT2D eigenvalue weighted by atomic mass is 10.2. The molecule has 0 radical (unpaired) electrons. The summed E-state index contributed by atoms with van der Waals surface area (Å²) >= 11 is 6.15. The summed E-state index contributed by atoms with van der Waals surface area (Å²) in [5.41, 5.74) is 1.35. The number of hydrogen-bond acceptors (Lipinski definition) is 6. The van der Waals surface area contributed by atoms with E-state index in [1.807, 2.05) is 12.1 Å². The van der Waals surface area contributed by atoms with Crippen LogP contribution in [0.5, 0.6) is 5.75 Å². The van der Waals surface area contributed by atoms with E-state index in [2.05, 4.69) is 15.1 Å². The number of carbonyl (C=O) groups excluding carboxylic acids is 1. The molecule has 8 nitrogen and oxygen atoms in total. The van der Waals surface area contributed by atoms with Gasteiger partial charge in [-0.05, 0) is 42.5 Å². The van der Waals surface area contributed by atoms with E-state index < -0.39 is 10.0 Å². The minimum absolute atomic E-state index is 0.0718. The molecule has 0 atom stereocenters. The van der Waals surface area contributed by atoms with Crippen molar-refractivity contribution in [2.75, 3.05) is 57.0 Å². The number of sulfonamides is 1.